The number of piperidine rings is 1. The van der Waals surface area contributed by atoms with Gasteiger partial charge in [-0.3, -0.25) is 9.36 Å². The lowest BCUT2D eigenvalue weighted by Crippen LogP contribution is -2.46. The van der Waals surface area contributed by atoms with Gasteiger partial charge in [0.15, 0.2) is 17.3 Å². The number of aromatic nitrogens is 6. The first-order chi connectivity index (χ1) is 20.5. The minimum atomic E-state index is -1.06. The molecule has 1 unspecified atom stereocenters. The Hall–Kier alpha value is -4.90. The maximum absolute atomic E-state index is 15.5. The Morgan fingerprint density at radius 2 is 1.95 bits per heavy atom. The van der Waals surface area contributed by atoms with Crippen LogP contribution >= 0.6 is 0 Å². The van der Waals surface area contributed by atoms with Crippen LogP contribution in [0.15, 0.2) is 79.8 Å². The quantitative estimate of drug-likeness (QED) is 0.300. The van der Waals surface area contributed by atoms with Gasteiger partial charge in [-0.25, -0.2) is 24.0 Å². The molecule has 2 aliphatic rings. The van der Waals surface area contributed by atoms with Crippen LogP contribution in [0.1, 0.15) is 30.0 Å². The highest BCUT2D eigenvalue weighted by atomic mass is 19.1. The topological polar surface area (TPSA) is 120 Å². The number of pyridine rings is 2. The SMILES string of the molecule is C=CC(=O)N1CCC(NC2c3ccc(-n4c(-c5cccnc5N)nc5ccc(-n6cccn6)nc54)cc3C[C@H]2F)CC1. The molecule has 0 saturated carbocycles. The molecule has 4 aromatic heterocycles. The third kappa shape index (κ3) is 4.51. The summed E-state index contributed by atoms with van der Waals surface area (Å²) < 4.78 is 19.2. The number of imidazole rings is 1. The molecule has 5 heterocycles. The molecule has 1 aliphatic carbocycles. The maximum Gasteiger partial charge on any atom is 0.245 e. The summed E-state index contributed by atoms with van der Waals surface area (Å²) in [5, 5.41) is 7.87. The standard InChI is InChI=1S/C31H30FN9O/c1-2-27(42)39-15-10-20(11-16-39)36-28-22-7-6-21(17-19(22)18-24(28)32)41-30(23-5-3-12-34-29(23)33)37-25-8-9-26(38-31(25)41)40-14-4-13-35-40/h2-9,12-14,17,20,24,28,36H,1,10-11,15-16,18H2,(H2,33,34)/t24-,28?/m1/s1. The Kier molecular flexibility index (Phi) is 6.50. The lowest BCUT2D eigenvalue weighted by molar-refractivity contribution is -0.127. The Morgan fingerprint density at radius 3 is 2.71 bits per heavy atom. The number of nitrogens with two attached hydrogens (primary N) is 1. The van der Waals surface area contributed by atoms with E-state index in [1.807, 2.05) is 59.3 Å². The number of nitrogens with zero attached hydrogens (tertiary/aromatic N) is 7. The van der Waals surface area contributed by atoms with Crippen molar-refractivity contribution in [2.75, 3.05) is 18.8 Å². The second-order valence-corrected chi connectivity index (χ2v) is 10.7. The Bertz CT molecular complexity index is 1790. The molecule has 1 aliphatic heterocycles. The number of hydrogen-bond donors (Lipinski definition) is 2. The van der Waals surface area contributed by atoms with Crippen molar-refractivity contribution >= 4 is 22.9 Å². The first-order valence-electron chi connectivity index (χ1n) is 14.0. The summed E-state index contributed by atoms with van der Waals surface area (Å²) in [5.41, 5.74) is 11.0. The Morgan fingerprint density at radius 1 is 1.10 bits per heavy atom. The molecule has 10 nitrogen and oxygen atoms in total. The van der Waals surface area contributed by atoms with Crippen LogP contribution in [0, 0.1) is 0 Å². The second kappa shape index (κ2) is 10.5. The fourth-order valence-corrected chi connectivity index (χ4v) is 6.09. The van der Waals surface area contributed by atoms with E-state index in [0.717, 1.165) is 29.7 Å². The number of likely N-dealkylation sites (tertiary alicyclic amines) is 1. The van der Waals surface area contributed by atoms with Gasteiger partial charge < -0.3 is 16.0 Å². The number of nitrogens with one attached hydrogen (secondary N) is 1. The summed E-state index contributed by atoms with van der Waals surface area (Å²) in [6.45, 7) is 4.86. The van der Waals surface area contributed by atoms with Crippen molar-refractivity contribution in [3.63, 3.8) is 0 Å². The number of amides is 1. The highest BCUT2D eigenvalue weighted by Crippen LogP contribution is 2.38. The van der Waals surface area contributed by atoms with E-state index < -0.39 is 12.2 Å². The lowest BCUT2D eigenvalue weighted by atomic mass is 10.0. The van der Waals surface area contributed by atoms with Crippen LogP contribution in [-0.2, 0) is 11.2 Å². The van der Waals surface area contributed by atoms with Crippen LogP contribution in [0.4, 0.5) is 10.2 Å². The third-order valence-corrected chi connectivity index (χ3v) is 8.20. The molecule has 42 heavy (non-hydrogen) atoms. The number of benzene rings is 1. The van der Waals surface area contributed by atoms with Crippen molar-refractivity contribution < 1.29 is 9.18 Å². The van der Waals surface area contributed by atoms with Gasteiger partial charge in [0.25, 0.3) is 0 Å². The number of nitrogen functional groups attached to an aromatic ring is 1. The van der Waals surface area contributed by atoms with Crippen LogP contribution in [-0.4, -0.2) is 65.4 Å². The van der Waals surface area contributed by atoms with E-state index in [0.29, 0.717) is 53.7 Å². The minimum Gasteiger partial charge on any atom is -0.383 e. The zero-order valence-corrected chi connectivity index (χ0v) is 22.9. The number of carbonyl (C=O) groups is 1. The molecule has 5 aromatic rings. The van der Waals surface area contributed by atoms with E-state index in [1.54, 1.807) is 22.0 Å². The molecule has 3 N–H and O–H groups in total. The molecule has 1 saturated heterocycles. The number of carbonyl (C=O) groups excluding carboxylic acids is 1. The molecule has 7 rings (SSSR count). The first kappa shape index (κ1) is 26.0. The monoisotopic (exact) mass is 563 g/mol. The Labute approximate surface area is 241 Å². The summed E-state index contributed by atoms with van der Waals surface area (Å²) in [6, 6.07) is 15.1. The van der Waals surface area contributed by atoms with Gasteiger partial charge in [0.1, 0.15) is 17.5 Å². The van der Waals surface area contributed by atoms with Crippen LogP contribution < -0.4 is 11.1 Å². The van der Waals surface area contributed by atoms with Crippen molar-refractivity contribution in [1.29, 1.82) is 0 Å². The van der Waals surface area contributed by atoms with Crippen molar-refractivity contribution in [2.45, 2.75) is 37.5 Å². The van der Waals surface area contributed by atoms with Gasteiger partial charge in [-0.15, -0.1) is 0 Å². The number of halogens is 1. The van der Waals surface area contributed by atoms with Crippen molar-refractivity contribution in [3.05, 3.63) is 90.9 Å². The molecule has 1 fully saturated rings. The van der Waals surface area contributed by atoms with E-state index in [4.69, 9.17) is 15.7 Å². The Balaban J connectivity index is 1.26. The summed E-state index contributed by atoms with van der Waals surface area (Å²) in [4.78, 5) is 27.8. The molecule has 0 radical (unpaired) electrons. The average Bonchev–Trinajstić information content (AvgIpc) is 3.75. The fraction of sp³-hybridized carbons (Fsp3) is 0.258. The molecular weight excluding hydrogens is 533 g/mol. The van der Waals surface area contributed by atoms with Gasteiger partial charge in [0.2, 0.25) is 5.91 Å². The van der Waals surface area contributed by atoms with Crippen molar-refractivity contribution in [2.24, 2.45) is 0 Å². The van der Waals surface area contributed by atoms with Gasteiger partial charge in [-0.05, 0) is 72.5 Å². The van der Waals surface area contributed by atoms with Gasteiger partial charge in [0.05, 0.1) is 11.6 Å². The first-order valence-corrected chi connectivity index (χ1v) is 14.0. The van der Waals surface area contributed by atoms with E-state index in [-0.39, 0.29) is 11.9 Å². The van der Waals surface area contributed by atoms with E-state index in [2.05, 4.69) is 22.0 Å². The normalized spacial score (nSPS) is 18.8. The number of fused-ring (bicyclic) bond motifs is 2. The highest BCUT2D eigenvalue weighted by Gasteiger charge is 2.35. The minimum absolute atomic E-state index is 0.0544. The van der Waals surface area contributed by atoms with Crippen LogP contribution in [0.3, 0.4) is 0 Å². The van der Waals surface area contributed by atoms with Crippen LogP contribution in [0.2, 0.25) is 0 Å². The number of anilines is 1. The third-order valence-electron chi connectivity index (χ3n) is 8.20. The predicted molar refractivity (Wildman–Crippen MR) is 158 cm³/mol. The van der Waals surface area contributed by atoms with Gasteiger partial charge >= 0.3 is 0 Å². The number of rotatable bonds is 6. The van der Waals surface area contributed by atoms with Gasteiger partial charge in [0, 0.05) is 49.8 Å². The van der Waals surface area contributed by atoms with Crippen LogP contribution in [0.5, 0.6) is 0 Å². The molecule has 0 spiro atoms. The number of hydrogen-bond acceptors (Lipinski definition) is 7. The molecule has 1 amide bonds. The van der Waals surface area contributed by atoms with E-state index >= 15 is 4.39 Å². The zero-order chi connectivity index (χ0) is 28.8. The molecular formula is C31H30FN9O. The van der Waals surface area contributed by atoms with Gasteiger partial charge in [-0.1, -0.05) is 12.6 Å². The van der Waals surface area contributed by atoms with E-state index in [9.17, 15) is 4.79 Å². The average molecular weight is 564 g/mol. The molecule has 11 heteroatoms. The summed E-state index contributed by atoms with van der Waals surface area (Å²) in [5.74, 6) is 1.55. The van der Waals surface area contributed by atoms with Crippen molar-refractivity contribution in [1.82, 2.24) is 39.5 Å². The lowest BCUT2D eigenvalue weighted by Gasteiger charge is -2.34. The largest absolute Gasteiger partial charge is 0.383 e. The molecule has 212 valence electrons. The summed E-state index contributed by atoms with van der Waals surface area (Å²) in [6.07, 6.45) is 7.33. The smallest absolute Gasteiger partial charge is 0.245 e. The molecule has 1 aromatic carbocycles. The highest BCUT2D eigenvalue weighted by molar-refractivity contribution is 5.87. The van der Waals surface area contributed by atoms with E-state index in [1.165, 1.54) is 6.08 Å². The maximum atomic E-state index is 15.5. The summed E-state index contributed by atoms with van der Waals surface area (Å²) >= 11 is 0. The summed E-state index contributed by atoms with van der Waals surface area (Å²) in [7, 11) is 0. The molecule has 0 bridgehead atoms. The fourth-order valence-electron chi connectivity index (χ4n) is 6.09. The number of alkyl halides is 1. The van der Waals surface area contributed by atoms with Crippen molar-refractivity contribution in [3.8, 4) is 22.9 Å². The predicted octanol–water partition coefficient (Wildman–Crippen LogP) is 3.95. The molecule has 2 atom stereocenters. The van der Waals surface area contributed by atoms with Gasteiger partial charge in [-0.2, -0.15) is 5.10 Å². The second-order valence-electron chi connectivity index (χ2n) is 10.7. The van der Waals surface area contributed by atoms with Crippen LogP contribution in [0.25, 0.3) is 34.1 Å². The zero-order valence-electron chi connectivity index (χ0n) is 22.9.